The average molecular weight is 359 g/mol. The molecule has 1 atom stereocenters. The van der Waals surface area contributed by atoms with E-state index in [-0.39, 0.29) is 0 Å². The quantitative estimate of drug-likeness (QED) is 0.900. The minimum atomic E-state index is 0.392. The molecule has 4 heterocycles. The third-order valence-electron chi connectivity index (χ3n) is 5.01. The zero-order valence-corrected chi connectivity index (χ0v) is 15.7. The van der Waals surface area contributed by atoms with Crippen molar-refractivity contribution in [2.75, 3.05) is 25.1 Å². The van der Waals surface area contributed by atoms with E-state index in [9.17, 15) is 0 Å². The molecule has 2 aliphatic rings. The van der Waals surface area contributed by atoms with E-state index in [1.807, 2.05) is 13.1 Å². The van der Waals surface area contributed by atoms with Gasteiger partial charge in [0.2, 0.25) is 0 Å². The number of aromatic nitrogens is 3. The van der Waals surface area contributed by atoms with Gasteiger partial charge in [0.15, 0.2) is 5.13 Å². The number of anilines is 2. The summed E-state index contributed by atoms with van der Waals surface area (Å²) < 4.78 is 5.54. The Bertz CT molecular complexity index is 728. The van der Waals surface area contributed by atoms with Crippen molar-refractivity contribution in [2.24, 2.45) is 0 Å². The molecule has 7 heteroatoms. The Morgan fingerprint density at radius 2 is 2.04 bits per heavy atom. The highest BCUT2D eigenvalue weighted by Crippen LogP contribution is 2.36. The number of rotatable bonds is 4. The van der Waals surface area contributed by atoms with Gasteiger partial charge in [-0.1, -0.05) is 0 Å². The number of nitrogens with zero attached hydrogens (tertiary/aromatic N) is 4. The molecule has 134 valence electrons. The van der Waals surface area contributed by atoms with E-state index in [1.165, 1.54) is 17.7 Å². The van der Waals surface area contributed by atoms with Crippen molar-refractivity contribution in [1.29, 1.82) is 0 Å². The van der Waals surface area contributed by atoms with Crippen molar-refractivity contribution in [3.8, 4) is 0 Å². The fraction of sp³-hybridized carbons (Fsp3) is 0.611. The first kappa shape index (κ1) is 16.9. The second-order valence-electron chi connectivity index (χ2n) is 6.87. The molecule has 0 radical (unpaired) electrons. The maximum Gasteiger partial charge on any atom is 0.188 e. The normalized spacial score (nSPS) is 22.4. The predicted octanol–water partition coefficient (Wildman–Crippen LogP) is 3.61. The highest BCUT2D eigenvalue weighted by Gasteiger charge is 2.33. The van der Waals surface area contributed by atoms with Crippen LogP contribution in [0.5, 0.6) is 0 Å². The Hall–Kier alpha value is -1.57. The molecule has 0 bridgehead atoms. The van der Waals surface area contributed by atoms with Crippen LogP contribution in [0, 0.1) is 13.8 Å². The minimum absolute atomic E-state index is 0.392. The molecule has 25 heavy (non-hydrogen) atoms. The lowest BCUT2D eigenvalue weighted by molar-refractivity contribution is 0.0285. The molecular weight excluding hydrogens is 334 g/mol. The summed E-state index contributed by atoms with van der Waals surface area (Å²) in [5.41, 5.74) is 1.13. The van der Waals surface area contributed by atoms with Gasteiger partial charge >= 0.3 is 0 Å². The molecule has 2 fully saturated rings. The van der Waals surface area contributed by atoms with Gasteiger partial charge < -0.3 is 10.1 Å². The Balaban J connectivity index is 1.56. The number of hydrogen-bond donors (Lipinski definition) is 1. The molecule has 6 nitrogen and oxygen atoms in total. The van der Waals surface area contributed by atoms with E-state index < -0.39 is 0 Å². The molecule has 0 amide bonds. The van der Waals surface area contributed by atoms with Crippen molar-refractivity contribution >= 4 is 22.3 Å². The van der Waals surface area contributed by atoms with Gasteiger partial charge in [-0.25, -0.2) is 15.0 Å². The molecule has 0 aromatic carbocycles. The van der Waals surface area contributed by atoms with E-state index in [0.29, 0.717) is 12.1 Å². The van der Waals surface area contributed by atoms with Crippen LogP contribution in [0.4, 0.5) is 10.9 Å². The van der Waals surface area contributed by atoms with Gasteiger partial charge in [-0.2, -0.15) is 0 Å². The van der Waals surface area contributed by atoms with Gasteiger partial charge in [-0.05, 0) is 46.1 Å². The summed E-state index contributed by atoms with van der Waals surface area (Å²) in [7, 11) is 0. The maximum atomic E-state index is 5.54. The molecule has 1 N–H and O–H groups in total. The molecule has 0 unspecified atom stereocenters. The van der Waals surface area contributed by atoms with E-state index in [4.69, 9.17) is 9.72 Å². The van der Waals surface area contributed by atoms with Gasteiger partial charge in [-0.15, -0.1) is 11.3 Å². The van der Waals surface area contributed by atoms with E-state index in [1.54, 1.807) is 11.3 Å². The molecule has 2 aliphatic heterocycles. The lowest BCUT2D eigenvalue weighted by Crippen LogP contribution is -2.39. The zero-order chi connectivity index (χ0) is 17.2. The summed E-state index contributed by atoms with van der Waals surface area (Å²) in [6.45, 7) is 6.95. The van der Waals surface area contributed by atoms with Gasteiger partial charge in [-0.3, -0.25) is 4.90 Å². The molecule has 2 aromatic rings. The fourth-order valence-corrected chi connectivity index (χ4v) is 4.58. The SMILES string of the molecule is Cc1nc(Nc2ncc(C)s2)cc([C@@H]2CCCN2C2CCOCC2)n1. The van der Waals surface area contributed by atoms with E-state index in [2.05, 4.69) is 33.2 Å². The molecule has 0 saturated carbocycles. The lowest BCUT2D eigenvalue weighted by Gasteiger charge is -2.35. The Morgan fingerprint density at radius 1 is 1.20 bits per heavy atom. The van der Waals surface area contributed by atoms with Gasteiger partial charge in [0.25, 0.3) is 0 Å². The number of nitrogens with one attached hydrogen (secondary N) is 1. The first-order valence-corrected chi connectivity index (χ1v) is 9.89. The highest BCUT2D eigenvalue weighted by molar-refractivity contribution is 7.15. The molecule has 0 aliphatic carbocycles. The number of ether oxygens (including phenoxy) is 1. The zero-order valence-electron chi connectivity index (χ0n) is 14.9. The average Bonchev–Trinajstić information content (AvgIpc) is 3.24. The summed E-state index contributed by atoms with van der Waals surface area (Å²) in [5, 5.41) is 4.23. The topological polar surface area (TPSA) is 63.2 Å². The lowest BCUT2D eigenvalue weighted by atomic mass is 10.0. The second kappa shape index (κ2) is 7.35. The second-order valence-corrected chi connectivity index (χ2v) is 8.10. The summed E-state index contributed by atoms with van der Waals surface area (Å²) in [5.74, 6) is 1.66. The first-order valence-electron chi connectivity index (χ1n) is 9.07. The van der Waals surface area contributed by atoms with Crippen LogP contribution in [0.25, 0.3) is 0 Å². The van der Waals surface area contributed by atoms with Crippen LogP contribution in [-0.4, -0.2) is 45.7 Å². The maximum absolute atomic E-state index is 5.54. The van der Waals surface area contributed by atoms with Crippen LogP contribution >= 0.6 is 11.3 Å². The van der Waals surface area contributed by atoms with Crippen LogP contribution < -0.4 is 5.32 Å². The smallest absolute Gasteiger partial charge is 0.188 e. The number of likely N-dealkylation sites (tertiary alicyclic amines) is 1. The third-order valence-corrected chi connectivity index (χ3v) is 5.84. The Labute approximate surface area is 152 Å². The Morgan fingerprint density at radius 3 is 2.80 bits per heavy atom. The van der Waals surface area contributed by atoms with Crippen LogP contribution in [0.1, 0.15) is 48.1 Å². The standard InChI is InChI=1S/C18H25N5OS/c1-12-11-19-18(25-12)22-17-10-15(20-13(2)21-17)16-4-3-7-23(16)14-5-8-24-9-6-14/h10-11,14,16H,3-9H2,1-2H3,(H,19,20,21,22)/t16-/m0/s1. The summed E-state index contributed by atoms with van der Waals surface area (Å²) in [6, 6.07) is 3.12. The Kier molecular flexibility index (Phi) is 4.96. The van der Waals surface area contributed by atoms with Gasteiger partial charge in [0.05, 0.1) is 11.7 Å². The molecule has 2 saturated heterocycles. The van der Waals surface area contributed by atoms with Crippen LogP contribution in [0.2, 0.25) is 0 Å². The first-order chi connectivity index (χ1) is 12.2. The summed E-state index contributed by atoms with van der Waals surface area (Å²) in [6.07, 6.45) is 6.54. The van der Waals surface area contributed by atoms with Crippen molar-refractivity contribution in [3.63, 3.8) is 0 Å². The number of thiazole rings is 1. The minimum Gasteiger partial charge on any atom is -0.381 e. The largest absolute Gasteiger partial charge is 0.381 e. The van der Waals surface area contributed by atoms with Crippen molar-refractivity contribution in [3.05, 3.63) is 28.7 Å². The van der Waals surface area contributed by atoms with Gasteiger partial charge in [0, 0.05) is 36.4 Å². The number of hydrogen-bond acceptors (Lipinski definition) is 7. The highest BCUT2D eigenvalue weighted by atomic mass is 32.1. The van der Waals surface area contributed by atoms with Crippen LogP contribution in [0.3, 0.4) is 0 Å². The molecular formula is C18H25N5OS. The van der Waals surface area contributed by atoms with Crippen LogP contribution in [0.15, 0.2) is 12.3 Å². The molecule has 0 spiro atoms. The number of aryl methyl sites for hydroxylation is 2. The summed E-state index contributed by atoms with van der Waals surface area (Å²) >= 11 is 1.64. The van der Waals surface area contributed by atoms with Gasteiger partial charge in [0.1, 0.15) is 11.6 Å². The summed E-state index contributed by atoms with van der Waals surface area (Å²) in [4.78, 5) is 17.5. The van der Waals surface area contributed by atoms with E-state index >= 15 is 0 Å². The van der Waals surface area contributed by atoms with Crippen LogP contribution in [-0.2, 0) is 4.74 Å². The third kappa shape index (κ3) is 3.83. The predicted molar refractivity (Wildman–Crippen MR) is 99.4 cm³/mol. The van der Waals surface area contributed by atoms with Crippen molar-refractivity contribution in [1.82, 2.24) is 19.9 Å². The molecule has 2 aromatic heterocycles. The fourth-order valence-electron chi connectivity index (χ4n) is 3.91. The van der Waals surface area contributed by atoms with Crippen molar-refractivity contribution < 1.29 is 4.74 Å². The van der Waals surface area contributed by atoms with E-state index in [0.717, 1.165) is 55.1 Å². The molecule has 4 rings (SSSR count). The monoisotopic (exact) mass is 359 g/mol. The van der Waals surface area contributed by atoms with Crippen molar-refractivity contribution in [2.45, 2.75) is 51.6 Å².